The minimum absolute atomic E-state index is 0.598. The Labute approximate surface area is 109 Å². The molecular formula is C14H23NOS. The largest absolute Gasteiger partial charge is 0.493 e. The van der Waals surface area contributed by atoms with E-state index in [0.717, 1.165) is 30.4 Å². The Kier molecular flexibility index (Phi) is 6.45. The van der Waals surface area contributed by atoms with Gasteiger partial charge in [-0.2, -0.15) is 11.8 Å². The van der Waals surface area contributed by atoms with Gasteiger partial charge in [0.2, 0.25) is 0 Å². The van der Waals surface area contributed by atoms with Crippen LogP contribution in [-0.2, 0) is 0 Å². The van der Waals surface area contributed by atoms with E-state index in [-0.39, 0.29) is 0 Å². The van der Waals surface area contributed by atoms with Crippen molar-refractivity contribution in [2.24, 2.45) is 11.7 Å². The highest BCUT2D eigenvalue weighted by Gasteiger charge is 2.00. The Balaban J connectivity index is 2.22. The van der Waals surface area contributed by atoms with Crippen LogP contribution < -0.4 is 10.5 Å². The number of aryl methyl sites for hydroxylation is 2. The van der Waals surface area contributed by atoms with Crippen molar-refractivity contribution in [2.75, 3.05) is 24.7 Å². The van der Waals surface area contributed by atoms with Gasteiger partial charge in [-0.05, 0) is 55.3 Å². The summed E-state index contributed by atoms with van der Waals surface area (Å²) in [5, 5.41) is 0. The van der Waals surface area contributed by atoms with E-state index in [0.29, 0.717) is 5.92 Å². The number of rotatable bonds is 7. The number of benzene rings is 1. The summed E-state index contributed by atoms with van der Waals surface area (Å²) in [6, 6.07) is 6.32. The summed E-state index contributed by atoms with van der Waals surface area (Å²) in [4.78, 5) is 0. The van der Waals surface area contributed by atoms with Crippen molar-refractivity contribution in [2.45, 2.75) is 20.8 Å². The van der Waals surface area contributed by atoms with Crippen molar-refractivity contribution in [3.8, 4) is 5.75 Å². The molecule has 0 amide bonds. The van der Waals surface area contributed by atoms with Crippen LogP contribution in [0.25, 0.3) is 0 Å². The lowest BCUT2D eigenvalue weighted by molar-refractivity contribution is 0.343. The van der Waals surface area contributed by atoms with Gasteiger partial charge in [-0.15, -0.1) is 0 Å². The minimum atomic E-state index is 0.598. The van der Waals surface area contributed by atoms with Crippen LogP contribution in [0, 0.1) is 19.8 Å². The van der Waals surface area contributed by atoms with Gasteiger partial charge in [0.25, 0.3) is 0 Å². The Morgan fingerprint density at radius 3 is 2.47 bits per heavy atom. The molecule has 0 aliphatic rings. The molecule has 0 spiro atoms. The quantitative estimate of drug-likeness (QED) is 0.759. The van der Waals surface area contributed by atoms with Crippen LogP contribution in [-0.4, -0.2) is 24.7 Å². The monoisotopic (exact) mass is 253 g/mol. The van der Waals surface area contributed by atoms with E-state index in [4.69, 9.17) is 10.5 Å². The van der Waals surface area contributed by atoms with Gasteiger partial charge >= 0.3 is 0 Å². The molecule has 0 heterocycles. The molecule has 0 bridgehead atoms. The molecule has 0 aliphatic carbocycles. The Morgan fingerprint density at radius 2 is 1.88 bits per heavy atom. The number of nitrogens with two attached hydrogens (primary N) is 1. The van der Waals surface area contributed by atoms with E-state index >= 15 is 0 Å². The first kappa shape index (κ1) is 14.4. The first-order valence-corrected chi connectivity index (χ1v) is 7.26. The molecule has 3 heteroatoms. The molecule has 0 saturated carbocycles. The van der Waals surface area contributed by atoms with Gasteiger partial charge in [-0.3, -0.25) is 0 Å². The van der Waals surface area contributed by atoms with Gasteiger partial charge in [0.15, 0.2) is 0 Å². The average molecular weight is 253 g/mol. The average Bonchev–Trinajstić information content (AvgIpc) is 2.27. The molecule has 0 aliphatic heterocycles. The second kappa shape index (κ2) is 7.62. The van der Waals surface area contributed by atoms with Gasteiger partial charge in [0.1, 0.15) is 5.75 Å². The van der Waals surface area contributed by atoms with Crippen molar-refractivity contribution in [1.29, 1.82) is 0 Å². The molecule has 0 fully saturated rings. The number of ether oxygens (including phenoxy) is 1. The molecule has 0 radical (unpaired) electrons. The van der Waals surface area contributed by atoms with Crippen LogP contribution in [0.5, 0.6) is 5.75 Å². The second-order valence-electron chi connectivity index (χ2n) is 4.59. The fourth-order valence-electron chi connectivity index (χ4n) is 1.59. The normalized spacial score (nSPS) is 12.5. The molecule has 96 valence electrons. The highest BCUT2D eigenvalue weighted by Crippen LogP contribution is 2.16. The Hall–Kier alpha value is -0.670. The third kappa shape index (κ3) is 5.99. The van der Waals surface area contributed by atoms with E-state index in [1.807, 2.05) is 11.8 Å². The highest BCUT2D eigenvalue weighted by molar-refractivity contribution is 7.99. The van der Waals surface area contributed by atoms with E-state index in [1.165, 1.54) is 11.1 Å². The molecule has 2 N–H and O–H groups in total. The molecular weight excluding hydrogens is 230 g/mol. The smallest absolute Gasteiger partial charge is 0.119 e. The molecule has 0 saturated heterocycles. The SMILES string of the molecule is Cc1cc(C)cc(OCCSCC(C)CN)c1. The van der Waals surface area contributed by atoms with Gasteiger partial charge in [-0.1, -0.05) is 13.0 Å². The third-order valence-electron chi connectivity index (χ3n) is 2.50. The van der Waals surface area contributed by atoms with Crippen LogP contribution in [0.4, 0.5) is 0 Å². The van der Waals surface area contributed by atoms with Gasteiger partial charge in [-0.25, -0.2) is 0 Å². The lowest BCUT2D eigenvalue weighted by atomic mass is 10.1. The summed E-state index contributed by atoms with van der Waals surface area (Å²) in [7, 11) is 0. The van der Waals surface area contributed by atoms with Crippen LogP contribution >= 0.6 is 11.8 Å². The van der Waals surface area contributed by atoms with Gasteiger partial charge in [0.05, 0.1) is 6.61 Å². The van der Waals surface area contributed by atoms with Gasteiger partial charge in [0, 0.05) is 5.75 Å². The van der Waals surface area contributed by atoms with E-state index < -0.39 is 0 Å². The van der Waals surface area contributed by atoms with E-state index in [2.05, 4.69) is 39.0 Å². The maximum absolute atomic E-state index is 5.73. The molecule has 1 aromatic rings. The summed E-state index contributed by atoms with van der Waals surface area (Å²) >= 11 is 1.91. The zero-order valence-electron chi connectivity index (χ0n) is 11.0. The van der Waals surface area contributed by atoms with Crippen LogP contribution in [0.2, 0.25) is 0 Å². The summed E-state index contributed by atoms with van der Waals surface area (Å²) in [5.41, 5.74) is 8.07. The van der Waals surface area contributed by atoms with Crippen molar-refractivity contribution in [3.05, 3.63) is 29.3 Å². The van der Waals surface area contributed by atoms with Crippen molar-refractivity contribution in [3.63, 3.8) is 0 Å². The highest BCUT2D eigenvalue weighted by atomic mass is 32.2. The second-order valence-corrected chi connectivity index (χ2v) is 5.74. The molecule has 0 aromatic heterocycles. The first-order chi connectivity index (χ1) is 8.11. The van der Waals surface area contributed by atoms with E-state index in [1.54, 1.807) is 0 Å². The zero-order valence-corrected chi connectivity index (χ0v) is 11.8. The lowest BCUT2D eigenvalue weighted by Gasteiger charge is -2.10. The van der Waals surface area contributed by atoms with Crippen molar-refractivity contribution < 1.29 is 4.74 Å². The molecule has 1 rings (SSSR count). The van der Waals surface area contributed by atoms with Crippen LogP contribution in [0.3, 0.4) is 0 Å². The van der Waals surface area contributed by atoms with Crippen molar-refractivity contribution >= 4 is 11.8 Å². The minimum Gasteiger partial charge on any atom is -0.493 e. The van der Waals surface area contributed by atoms with Gasteiger partial charge < -0.3 is 10.5 Å². The molecule has 1 atom stereocenters. The van der Waals surface area contributed by atoms with Crippen LogP contribution in [0.15, 0.2) is 18.2 Å². The third-order valence-corrected chi connectivity index (χ3v) is 3.76. The standard InChI is InChI=1S/C14H23NOS/c1-11-6-12(2)8-14(7-11)16-4-5-17-10-13(3)9-15/h6-8,13H,4-5,9-10,15H2,1-3H3. The lowest BCUT2D eigenvalue weighted by Crippen LogP contribution is -2.13. The predicted octanol–water partition coefficient (Wildman–Crippen LogP) is 3.01. The van der Waals surface area contributed by atoms with Crippen molar-refractivity contribution in [1.82, 2.24) is 0 Å². The Bertz CT molecular complexity index is 321. The Morgan fingerprint density at radius 1 is 1.24 bits per heavy atom. The fraction of sp³-hybridized carbons (Fsp3) is 0.571. The summed E-state index contributed by atoms with van der Waals surface area (Å²) in [6.07, 6.45) is 0. The fourth-order valence-corrected chi connectivity index (χ4v) is 2.49. The maximum atomic E-state index is 5.73. The molecule has 1 aromatic carbocycles. The number of thioether (sulfide) groups is 1. The topological polar surface area (TPSA) is 35.2 Å². The number of hydrogen-bond acceptors (Lipinski definition) is 3. The molecule has 17 heavy (non-hydrogen) atoms. The summed E-state index contributed by atoms with van der Waals surface area (Å²) in [6.45, 7) is 7.91. The summed E-state index contributed by atoms with van der Waals surface area (Å²) in [5.74, 6) is 3.72. The molecule has 2 nitrogen and oxygen atoms in total. The first-order valence-electron chi connectivity index (χ1n) is 6.10. The van der Waals surface area contributed by atoms with E-state index in [9.17, 15) is 0 Å². The predicted molar refractivity (Wildman–Crippen MR) is 77.0 cm³/mol. The maximum Gasteiger partial charge on any atom is 0.119 e. The summed E-state index contributed by atoms with van der Waals surface area (Å²) < 4.78 is 5.73. The number of hydrogen-bond donors (Lipinski definition) is 1. The zero-order chi connectivity index (χ0) is 12.7. The molecule has 1 unspecified atom stereocenters. The van der Waals surface area contributed by atoms with Crippen LogP contribution in [0.1, 0.15) is 18.1 Å².